The van der Waals surface area contributed by atoms with Crippen molar-refractivity contribution < 1.29 is 19.5 Å². The Morgan fingerprint density at radius 3 is 2.68 bits per heavy atom. The van der Waals surface area contributed by atoms with Gasteiger partial charge in [0.1, 0.15) is 34.0 Å². The van der Waals surface area contributed by atoms with Crippen molar-refractivity contribution in [1.82, 2.24) is 30.1 Å². The Balaban J connectivity index is 1.45. The van der Waals surface area contributed by atoms with Gasteiger partial charge in [0.25, 0.3) is 17.4 Å². The van der Waals surface area contributed by atoms with E-state index >= 15 is 0 Å². The van der Waals surface area contributed by atoms with Crippen LogP contribution in [0.25, 0.3) is 10.2 Å². The summed E-state index contributed by atoms with van der Waals surface area (Å²) in [6.45, 7) is 5.84. The third-order valence-corrected chi connectivity index (χ3v) is 6.91. The van der Waals surface area contributed by atoms with E-state index in [4.69, 9.17) is 5.11 Å². The van der Waals surface area contributed by atoms with Crippen LogP contribution in [0.2, 0.25) is 0 Å². The number of carboxylic acid groups (broad SMARTS) is 1. The molecule has 1 saturated heterocycles. The van der Waals surface area contributed by atoms with E-state index in [0.29, 0.717) is 45.3 Å². The van der Waals surface area contributed by atoms with E-state index in [1.807, 2.05) is 0 Å². The van der Waals surface area contributed by atoms with Gasteiger partial charge in [0.2, 0.25) is 0 Å². The molecule has 0 bridgehead atoms. The van der Waals surface area contributed by atoms with Crippen molar-refractivity contribution >= 4 is 51.0 Å². The SMILES string of the molecule is Cc1cc(Nc2ncnc3sc(C(=O)N4CC(NC(=O)O)C4)cc23)c(=O)n2c1C(=O)NC2(C)C. The van der Waals surface area contributed by atoms with Crippen LogP contribution in [-0.4, -0.2) is 61.6 Å². The first-order chi connectivity index (χ1) is 16.0. The second kappa shape index (κ2) is 7.52. The number of fused-ring (bicyclic) bond motifs is 2. The van der Waals surface area contributed by atoms with Gasteiger partial charge in [-0.2, -0.15) is 0 Å². The molecule has 1 fully saturated rings. The van der Waals surface area contributed by atoms with Gasteiger partial charge in [0.15, 0.2) is 0 Å². The molecule has 0 unspecified atom stereocenters. The minimum atomic E-state index is -1.12. The first kappa shape index (κ1) is 21.8. The maximum atomic E-state index is 13.2. The number of hydrogen-bond donors (Lipinski definition) is 4. The zero-order chi connectivity index (χ0) is 24.4. The van der Waals surface area contributed by atoms with Gasteiger partial charge in [-0.05, 0) is 38.5 Å². The molecule has 2 aliphatic rings. The largest absolute Gasteiger partial charge is 0.465 e. The van der Waals surface area contributed by atoms with Gasteiger partial charge in [0.05, 0.1) is 16.3 Å². The van der Waals surface area contributed by atoms with E-state index in [9.17, 15) is 19.2 Å². The minimum absolute atomic E-state index is 0.225. The van der Waals surface area contributed by atoms with Crippen molar-refractivity contribution in [1.29, 1.82) is 0 Å². The molecule has 12 nitrogen and oxygen atoms in total. The van der Waals surface area contributed by atoms with Gasteiger partial charge in [-0.1, -0.05) is 0 Å². The lowest BCUT2D eigenvalue weighted by Gasteiger charge is -2.38. The molecule has 3 amide bonds. The van der Waals surface area contributed by atoms with Gasteiger partial charge in [-0.3, -0.25) is 19.0 Å². The molecule has 5 heterocycles. The molecule has 34 heavy (non-hydrogen) atoms. The molecular weight excluding hydrogens is 462 g/mol. The monoisotopic (exact) mass is 483 g/mol. The smallest absolute Gasteiger partial charge is 0.405 e. The number of nitrogens with one attached hydrogen (secondary N) is 3. The molecule has 0 aliphatic carbocycles. The summed E-state index contributed by atoms with van der Waals surface area (Å²) >= 11 is 1.19. The Labute approximate surface area is 196 Å². The lowest BCUT2D eigenvalue weighted by atomic mass is 10.1. The van der Waals surface area contributed by atoms with Gasteiger partial charge < -0.3 is 26.0 Å². The van der Waals surface area contributed by atoms with E-state index < -0.39 is 11.8 Å². The topological polar surface area (TPSA) is 159 Å². The van der Waals surface area contributed by atoms with E-state index in [1.165, 1.54) is 22.2 Å². The lowest BCUT2D eigenvalue weighted by Crippen LogP contribution is -2.60. The van der Waals surface area contributed by atoms with Gasteiger partial charge in [0, 0.05) is 13.1 Å². The Morgan fingerprint density at radius 1 is 1.24 bits per heavy atom. The van der Waals surface area contributed by atoms with Crippen LogP contribution in [0, 0.1) is 6.92 Å². The summed E-state index contributed by atoms with van der Waals surface area (Å²) in [5.74, 6) is -0.165. The molecule has 3 aromatic rings. The minimum Gasteiger partial charge on any atom is -0.465 e. The van der Waals surface area contributed by atoms with Crippen LogP contribution in [0.1, 0.15) is 39.6 Å². The molecule has 3 aromatic heterocycles. The standard InChI is InChI=1S/C21H21N7O5S/c1-9-4-12(18(30)28-14(9)16(29)26-21(28,2)3)25-15-11-5-13(34-17(11)23-8-22-15)19(31)27-6-10(7-27)24-20(32)33/h4-5,8,10,24H,6-7H2,1-3H3,(H,26,29)(H,32,33)(H,22,23,25). The zero-order valence-corrected chi connectivity index (χ0v) is 19.3. The molecule has 2 aliphatic heterocycles. The quantitative estimate of drug-likeness (QED) is 0.434. The van der Waals surface area contributed by atoms with E-state index in [1.54, 1.807) is 37.8 Å². The number of amides is 3. The maximum absolute atomic E-state index is 13.2. The molecule has 0 aromatic carbocycles. The number of aromatic nitrogens is 3. The molecule has 176 valence electrons. The number of pyridine rings is 1. The van der Waals surface area contributed by atoms with Crippen LogP contribution in [0.15, 0.2) is 23.3 Å². The van der Waals surface area contributed by atoms with E-state index in [-0.39, 0.29) is 29.1 Å². The highest BCUT2D eigenvalue weighted by Gasteiger charge is 2.38. The van der Waals surface area contributed by atoms with Crippen LogP contribution in [0.3, 0.4) is 0 Å². The summed E-state index contributed by atoms with van der Waals surface area (Å²) in [6.07, 6.45) is 0.227. The average Bonchev–Trinajstić information content (AvgIpc) is 3.26. The molecule has 13 heteroatoms. The fourth-order valence-electron chi connectivity index (χ4n) is 4.30. The van der Waals surface area contributed by atoms with Crippen LogP contribution in [0.5, 0.6) is 0 Å². The number of likely N-dealkylation sites (tertiary alicyclic amines) is 1. The Morgan fingerprint density at radius 2 is 1.97 bits per heavy atom. The predicted molar refractivity (Wildman–Crippen MR) is 124 cm³/mol. The highest BCUT2D eigenvalue weighted by Crippen LogP contribution is 2.32. The summed E-state index contributed by atoms with van der Waals surface area (Å²) in [5, 5.41) is 17.6. The number of anilines is 2. The highest BCUT2D eigenvalue weighted by molar-refractivity contribution is 7.20. The molecule has 0 saturated carbocycles. The number of aryl methyl sites for hydroxylation is 1. The first-order valence-electron chi connectivity index (χ1n) is 10.4. The second-order valence-electron chi connectivity index (χ2n) is 8.78. The zero-order valence-electron chi connectivity index (χ0n) is 18.5. The number of carbonyl (C=O) groups excluding carboxylic acids is 2. The van der Waals surface area contributed by atoms with Crippen molar-refractivity contribution in [2.24, 2.45) is 0 Å². The summed E-state index contributed by atoms with van der Waals surface area (Å²) in [5.41, 5.74) is -0.0458. The summed E-state index contributed by atoms with van der Waals surface area (Å²) < 4.78 is 1.43. The van der Waals surface area contributed by atoms with Gasteiger partial charge in [-0.15, -0.1) is 11.3 Å². The number of hydrogen-bond acceptors (Lipinski definition) is 8. The van der Waals surface area contributed by atoms with Crippen molar-refractivity contribution in [3.63, 3.8) is 0 Å². The third-order valence-electron chi connectivity index (χ3n) is 5.87. The van der Waals surface area contributed by atoms with Gasteiger partial charge in [-0.25, -0.2) is 14.8 Å². The van der Waals surface area contributed by atoms with Crippen molar-refractivity contribution in [3.05, 3.63) is 44.9 Å². The fourth-order valence-corrected chi connectivity index (χ4v) is 5.26. The molecule has 0 atom stereocenters. The molecule has 5 rings (SSSR count). The van der Waals surface area contributed by atoms with Gasteiger partial charge >= 0.3 is 6.09 Å². The Bertz CT molecular complexity index is 1440. The predicted octanol–water partition coefficient (Wildman–Crippen LogP) is 1.43. The van der Waals surface area contributed by atoms with Crippen molar-refractivity contribution in [3.8, 4) is 0 Å². The fraction of sp³-hybridized carbons (Fsp3) is 0.333. The summed E-state index contributed by atoms with van der Waals surface area (Å²) in [6, 6.07) is 2.99. The normalized spacial score (nSPS) is 16.7. The van der Waals surface area contributed by atoms with Crippen molar-refractivity contribution in [2.75, 3.05) is 18.4 Å². The van der Waals surface area contributed by atoms with Crippen LogP contribution in [0.4, 0.5) is 16.3 Å². The van der Waals surface area contributed by atoms with Crippen molar-refractivity contribution in [2.45, 2.75) is 32.5 Å². The highest BCUT2D eigenvalue weighted by atomic mass is 32.1. The lowest BCUT2D eigenvalue weighted by molar-refractivity contribution is 0.0569. The van der Waals surface area contributed by atoms with E-state index in [0.717, 1.165) is 0 Å². The van der Waals surface area contributed by atoms with Crippen LogP contribution in [-0.2, 0) is 5.66 Å². The molecule has 0 radical (unpaired) electrons. The third kappa shape index (κ3) is 3.44. The number of nitrogens with zero attached hydrogens (tertiary/aromatic N) is 4. The Kier molecular flexibility index (Phi) is 4.82. The van der Waals surface area contributed by atoms with Crippen LogP contribution < -0.4 is 21.5 Å². The average molecular weight is 484 g/mol. The number of carbonyl (C=O) groups is 3. The number of rotatable bonds is 4. The summed E-state index contributed by atoms with van der Waals surface area (Å²) in [7, 11) is 0. The molecule has 0 spiro atoms. The summed E-state index contributed by atoms with van der Waals surface area (Å²) in [4.78, 5) is 60.2. The van der Waals surface area contributed by atoms with Crippen LogP contribution >= 0.6 is 11.3 Å². The first-order valence-corrected chi connectivity index (χ1v) is 11.3. The number of thiophene rings is 1. The maximum Gasteiger partial charge on any atom is 0.405 e. The second-order valence-corrected chi connectivity index (χ2v) is 9.81. The molecular formula is C21H21N7O5S. The Hall–Kier alpha value is -4.00. The molecule has 4 N–H and O–H groups in total. The van der Waals surface area contributed by atoms with E-state index in [2.05, 4.69) is 25.9 Å².